The van der Waals surface area contributed by atoms with Gasteiger partial charge in [-0.25, -0.2) is 9.97 Å². The van der Waals surface area contributed by atoms with E-state index in [2.05, 4.69) is 35.6 Å². The van der Waals surface area contributed by atoms with Crippen molar-refractivity contribution in [2.75, 3.05) is 18.0 Å². The van der Waals surface area contributed by atoms with Crippen LogP contribution in [0.1, 0.15) is 45.0 Å². The Morgan fingerprint density at radius 1 is 1.06 bits per heavy atom. The number of hydrogen-bond acceptors (Lipinski definition) is 3. The molecule has 0 amide bonds. The van der Waals surface area contributed by atoms with E-state index in [0.29, 0.717) is 5.15 Å². The number of rotatable bonds is 6. The van der Waals surface area contributed by atoms with E-state index in [0.717, 1.165) is 49.6 Å². The maximum absolute atomic E-state index is 6.16. The monoisotopic (exact) mass is 255 g/mol. The van der Waals surface area contributed by atoms with Gasteiger partial charge in [0.2, 0.25) is 0 Å². The van der Waals surface area contributed by atoms with E-state index in [1.807, 2.05) is 6.92 Å². The van der Waals surface area contributed by atoms with Crippen molar-refractivity contribution in [3.05, 3.63) is 16.5 Å². The highest BCUT2D eigenvalue weighted by molar-refractivity contribution is 6.30. The summed E-state index contributed by atoms with van der Waals surface area (Å²) >= 11 is 6.16. The summed E-state index contributed by atoms with van der Waals surface area (Å²) < 4.78 is 0. The van der Waals surface area contributed by atoms with Crippen molar-refractivity contribution < 1.29 is 0 Å². The summed E-state index contributed by atoms with van der Waals surface area (Å²) in [6, 6.07) is 0. The van der Waals surface area contributed by atoms with Gasteiger partial charge in [0.15, 0.2) is 0 Å². The largest absolute Gasteiger partial charge is 0.356 e. The molecule has 0 saturated heterocycles. The molecular weight excluding hydrogens is 234 g/mol. The van der Waals surface area contributed by atoms with Gasteiger partial charge in [-0.2, -0.15) is 0 Å². The Bertz CT molecular complexity index is 360. The molecule has 0 N–H and O–H groups in total. The van der Waals surface area contributed by atoms with Crippen molar-refractivity contribution in [1.29, 1.82) is 0 Å². The average molecular weight is 256 g/mol. The van der Waals surface area contributed by atoms with E-state index in [9.17, 15) is 0 Å². The molecule has 96 valence electrons. The third-order valence-corrected chi connectivity index (χ3v) is 3.08. The van der Waals surface area contributed by atoms with Crippen LogP contribution in [0.15, 0.2) is 0 Å². The summed E-state index contributed by atoms with van der Waals surface area (Å²) in [5, 5.41) is 0.587. The third-order valence-electron chi connectivity index (χ3n) is 2.71. The molecule has 0 atom stereocenters. The van der Waals surface area contributed by atoms with Crippen molar-refractivity contribution in [3.8, 4) is 0 Å². The van der Waals surface area contributed by atoms with Crippen LogP contribution in [0.4, 0.5) is 5.82 Å². The SMILES string of the molecule is CCCN(CCC)c1nc(CC)nc(Cl)c1C. The number of hydrogen-bond donors (Lipinski definition) is 0. The molecule has 0 spiro atoms. The lowest BCUT2D eigenvalue weighted by Gasteiger charge is -2.24. The van der Waals surface area contributed by atoms with E-state index in [1.165, 1.54) is 0 Å². The molecule has 0 aromatic carbocycles. The Balaban J connectivity index is 3.11. The van der Waals surface area contributed by atoms with Gasteiger partial charge in [-0.3, -0.25) is 0 Å². The standard InChI is InChI=1S/C13H22ClN3/c1-5-8-17(9-6-2)13-10(4)12(14)15-11(7-3)16-13/h5-9H2,1-4H3. The van der Waals surface area contributed by atoms with E-state index in [4.69, 9.17) is 11.6 Å². The summed E-state index contributed by atoms with van der Waals surface area (Å²) in [6.07, 6.45) is 3.05. The lowest BCUT2D eigenvalue weighted by atomic mass is 10.2. The molecule has 0 aliphatic rings. The van der Waals surface area contributed by atoms with Gasteiger partial charge in [-0.05, 0) is 19.8 Å². The highest BCUT2D eigenvalue weighted by atomic mass is 35.5. The summed E-state index contributed by atoms with van der Waals surface area (Å²) in [7, 11) is 0. The molecule has 0 bridgehead atoms. The van der Waals surface area contributed by atoms with Crippen LogP contribution in [0.2, 0.25) is 5.15 Å². The van der Waals surface area contributed by atoms with Gasteiger partial charge in [0.05, 0.1) is 0 Å². The van der Waals surface area contributed by atoms with Crippen LogP contribution < -0.4 is 4.90 Å². The molecule has 1 heterocycles. The first-order chi connectivity index (χ1) is 8.13. The molecule has 0 saturated carbocycles. The number of aryl methyl sites for hydroxylation is 1. The number of aromatic nitrogens is 2. The molecule has 0 fully saturated rings. The molecule has 1 rings (SSSR count). The minimum atomic E-state index is 0.587. The minimum absolute atomic E-state index is 0.587. The second-order valence-electron chi connectivity index (χ2n) is 4.22. The summed E-state index contributed by atoms with van der Waals surface area (Å²) in [6.45, 7) is 10.4. The second-order valence-corrected chi connectivity index (χ2v) is 4.58. The maximum atomic E-state index is 6.16. The minimum Gasteiger partial charge on any atom is -0.356 e. The smallest absolute Gasteiger partial charge is 0.137 e. The van der Waals surface area contributed by atoms with Gasteiger partial charge < -0.3 is 4.90 Å². The van der Waals surface area contributed by atoms with Crippen molar-refractivity contribution >= 4 is 17.4 Å². The lowest BCUT2D eigenvalue weighted by molar-refractivity contribution is 0.724. The van der Waals surface area contributed by atoms with Crippen molar-refractivity contribution in [3.63, 3.8) is 0 Å². The Labute approximate surface area is 109 Å². The first-order valence-corrected chi connectivity index (χ1v) is 6.79. The fourth-order valence-electron chi connectivity index (χ4n) is 1.85. The Hall–Kier alpha value is -0.830. The Kier molecular flexibility index (Phi) is 5.69. The predicted molar refractivity (Wildman–Crippen MR) is 74.0 cm³/mol. The normalized spacial score (nSPS) is 10.6. The summed E-state index contributed by atoms with van der Waals surface area (Å²) in [5.74, 6) is 1.83. The fraction of sp³-hybridized carbons (Fsp3) is 0.692. The highest BCUT2D eigenvalue weighted by Gasteiger charge is 2.14. The van der Waals surface area contributed by atoms with Crippen LogP contribution in [-0.2, 0) is 6.42 Å². The summed E-state index contributed by atoms with van der Waals surface area (Å²) in [4.78, 5) is 11.2. The van der Waals surface area contributed by atoms with E-state index in [-0.39, 0.29) is 0 Å². The molecule has 0 unspecified atom stereocenters. The van der Waals surface area contributed by atoms with Gasteiger partial charge in [-0.1, -0.05) is 32.4 Å². The number of nitrogens with zero attached hydrogens (tertiary/aromatic N) is 3. The molecular formula is C13H22ClN3. The van der Waals surface area contributed by atoms with E-state index in [1.54, 1.807) is 0 Å². The molecule has 4 heteroatoms. The Morgan fingerprint density at radius 3 is 2.12 bits per heavy atom. The average Bonchev–Trinajstić information content (AvgIpc) is 2.32. The molecule has 1 aromatic rings. The zero-order chi connectivity index (χ0) is 12.8. The second kappa shape index (κ2) is 6.80. The fourth-order valence-corrected chi connectivity index (χ4v) is 2.03. The summed E-state index contributed by atoms with van der Waals surface area (Å²) in [5.41, 5.74) is 0.991. The zero-order valence-corrected chi connectivity index (χ0v) is 12.0. The van der Waals surface area contributed by atoms with Crippen LogP contribution in [-0.4, -0.2) is 23.1 Å². The van der Waals surface area contributed by atoms with Crippen LogP contribution in [0.5, 0.6) is 0 Å². The predicted octanol–water partition coefficient (Wildman–Crippen LogP) is 3.63. The molecule has 17 heavy (non-hydrogen) atoms. The van der Waals surface area contributed by atoms with Gasteiger partial charge in [-0.15, -0.1) is 0 Å². The third kappa shape index (κ3) is 3.56. The van der Waals surface area contributed by atoms with Gasteiger partial charge >= 0.3 is 0 Å². The van der Waals surface area contributed by atoms with Gasteiger partial charge in [0, 0.05) is 25.1 Å². The van der Waals surface area contributed by atoms with Gasteiger partial charge in [0.25, 0.3) is 0 Å². The van der Waals surface area contributed by atoms with E-state index >= 15 is 0 Å². The van der Waals surface area contributed by atoms with Crippen LogP contribution in [0.3, 0.4) is 0 Å². The van der Waals surface area contributed by atoms with Crippen LogP contribution >= 0.6 is 11.6 Å². The zero-order valence-electron chi connectivity index (χ0n) is 11.3. The molecule has 1 aromatic heterocycles. The van der Waals surface area contributed by atoms with Crippen LogP contribution in [0, 0.1) is 6.92 Å². The van der Waals surface area contributed by atoms with Crippen molar-refractivity contribution in [1.82, 2.24) is 9.97 Å². The molecule has 0 radical (unpaired) electrons. The number of halogens is 1. The van der Waals surface area contributed by atoms with Crippen molar-refractivity contribution in [2.45, 2.75) is 47.0 Å². The molecule has 0 aliphatic carbocycles. The van der Waals surface area contributed by atoms with E-state index < -0.39 is 0 Å². The van der Waals surface area contributed by atoms with Gasteiger partial charge in [0.1, 0.15) is 16.8 Å². The first kappa shape index (κ1) is 14.2. The van der Waals surface area contributed by atoms with Crippen molar-refractivity contribution in [2.24, 2.45) is 0 Å². The highest BCUT2D eigenvalue weighted by Crippen LogP contribution is 2.24. The molecule has 3 nitrogen and oxygen atoms in total. The number of anilines is 1. The van der Waals surface area contributed by atoms with Crippen LogP contribution in [0.25, 0.3) is 0 Å². The quantitative estimate of drug-likeness (QED) is 0.727. The first-order valence-electron chi connectivity index (χ1n) is 6.41. The lowest BCUT2D eigenvalue weighted by Crippen LogP contribution is -2.27. The maximum Gasteiger partial charge on any atom is 0.137 e. The topological polar surface area (TPSA) is 29.0 Å². The Morgan fingerprint density at radius 2 is 1.65 bits per heavy atom. The molecule has 0 aliphatic heterocycles.